The van der Waals surface area contributed by atoms with E-state index in [1.54, 1.807) is 7.11 Å². The average molecular weight is 291 g/mol. The Balaban J connectivity index is 0.00000191. The van der Waals surface area contributed by atoms with Crippen LogP contribution in [0.3, 0.4) is 0 Å². The van der Waals surface area contributed by atoms with Crippen molar-refractivity contribution in [1.29, 1.82) is 0 Å². The number of nitrogens with zero attached hydrogens (tertiary/aromatic N) is 1. The third-order valence-corrected chi connectivity index (χ3v) is 2.66. The Morgan fingerprint density at radius 1 is 1.29 bits per heavy atom. The molecule has 0 aliphatic heterocycles. The van der Waals surface area contributed by atoms with Gasteiger partial charge in [-0.3, -0.25) is 0 Å². The molecule has 1 aromatic carbocycles. The third-order valence-electron chi connectivity index (χ3n) is 2.66. The van der Waals surface area contributed by atoms with Crippen LogP contribution in [0.4, 0.5) is 0 Å². The Hall–Kier alpha value is -1.77. The zero-order valence-corrected chi connectivity index (χ0v) is 14.4. The van der Waals surface area contributed by atoms with Crippen LogP contribution in [-0.4, -0.2) is 19.6 Å². The van der Waals surface area contributed by atoms with E-state index in [0.29, 0.717) is 6.61 Å². The summed E-state index contributed by atoms with van der Waals surface area (Å²) < 4.78 is 10.8. The molecule has 118 valence electrons. The van der Waals surface area contributed by atoms with Gasteiger partial charge in [0.05, 0.1) is 19.4 Å². The summed E-state index contributed by atoms with van der Waals surface area (Å²) in [5.74, 6) is 1.86. The van der Waals surface area contributed by atoms with Gasteiger partial charge < -0.3 is 9.47 Å². The summed E-state index contributed by atoms with van der Waals surface area (Å²) in [7, 11) is 1.66. The zero-order valence-electron chi connectivity index (χ0n) is 14.4. The van der Waals surface area contributed by atoms with Crippen molar-refractivity contribution in [3.8, 4) is 5.75 Å². The van der Waals surface area contributed by atoms with E-state index < -0.39 is 0 Å². The fourth-order valence-corrected chi connectivity index (χ4v) is 1.67. The van der Waals surface area contributed by atoms with Crippen molar-refractivity contribution < 1.29 is 9.47 Å². The molecule has 0 aliphatic rings. The Morgan fingerprint density at radius 3 is 2.43 bits per heavy atom. The second-order valence-corrected chi connectivity index (χ2v) is 4.44. The Morgan fingerprint density at radius 2 is 1.95 bits per heavy atom. The standard InChI is InChI=1S/C16H23NO2.C2H6/c1-6-15(17-16(12(3)4)19-7-2)13-9-8-10-14(11-13)18-5;1-2/h6,8-12H,7H2,1-5H3;1-2H3/b15-6-,17-16?;. The average Bonchev–Trinajstić information content (AvgIpc) is 2.53. The molecule has 0 fully saturated rings. The summed E-state index contributed by atoms with van der Waals surface area (Å²) in [6.45, 7) is 12.7. The van der Waals surface area contributed by atoms with E-state index in [4.69, 9.17) is 9.47 Å². The van der Waals surface area contributed by atoms with Crippen molar-refractivity contribution in [3.63, 3.8) is 0 Å². The lowest BCUT2D eigenvalue weighted by atomic mass is 10.1. The minimum Gasteiger partial charge on any atom is -0.497 e. The molecule has 0 heterocycles. The molecule has 3 nitrogen and oxygen atoms in total. The molecule has 0 amide bonds. The molecule has 1 rings (SSSR count). The van der Waals surface area contributed by atoms with Crippen LogP contribution in [0.5, 0.6) is 5.75 Å². The van der Waals surface area contributed by atoms with Crippen molar-refractivity contribution in [2.75, 3.05) is 13.7 Å². The molecule has 0 N–H and O–H groups in total. The first kappa shape index (κ1) is 19.2. The summed E-state index contributed by atoms with van der Waals surface area (Å²) in [5, 5.41) is 0. The summed E-state index contributed by atoms with van der Waals surface area (Å²) in [6.07, 6.45) is 1.98. The maximum absolute atomic E-state index is 5.59. The SMILES string of the molecule is C/C=C(\N=C(OCC)C(C)C)c1cccc(OC)c1.CC. The number of methoxy groups -OCH3 is 1. The van der Waals surface area contributed by atoms with Gasteiger partial charge in [0.1, 0.15) is 5.75 Å². The number of aliphatic imine (C=N–C) groups is 1. The van der Waals surface area contributed by atoms with E-state index >= 15 is 0 Å². The molecule has 0 saturated carbocycles. The van der Waals surface area contributed by atoms with Crippen molar-refractivity contribution in [2.24, 2.45) is 10.9 Å². The molecule has 0 aromatic heterocycles. The number of hydrogen-bond acceptors (Lipinski definition) is 3. The monoisotopic (exact) mass is 291 g/mol. The topological polar surface area (TPSA) is 30.8 Å². The van der Waals surface area contributed by atoms with Gasteiger partial charge in [-0.05, 0) is 26.0 Å². The molecule has 0 unspecified atom stereocenters. The first-order valence-corrected chi connectivity index (χ1v) is 7.64. The largest absolute Gasteiger partial charge is 0.497 e. The minimum atomic E-state index is 0.264. The van der Waals surface area contributed by atoms with Gasteiger partial charge in [-0.2, -0.15) is 0 Å². The van der Waals surface area contributed by atoms with Gasteiger partial charge in [0.2, 0.25) is 0 Å². The van der Waals surface area contributed by atoms with Crippen LogP contribution < -0.4 is 4.74 Å². The number of hydrogen-bond donors (Lipinski definition) is 0. The highest BCUT2D eigenvalue weighted by atomic mass is 16.5. The highest BCUT2D eigenvalue weighted by molar-refractivity contribution is 5.85. The van der Waals surface area contributed by atoms with E-state index in [-0.39, 0.29) is 5.92 Å². The lowest BCUT2D eigenvalue weighted by Crippen LogP contribution is -2.12. The highest BCUT2D eigenvalue weighted by Gasteiger charge is 2.08. The van der Waals surface area contributed by atoms with Gasteiger partial charge in [-0.25, -0.2) is 4.99 Å². The second kappa shape index (κ2) is 11.0. The van der Waals surface area contributed by atoms with Gasteiger partial charge in [-0.1, -0.05) is 45.9 Å². The summed E-state index contributed by atoms with van der Waals surface area (Å²) in [5.41, 5.74) is 1.93. The van der Waals surface area contributed by atoms with Gasteiger partial charge >= 0.3 is 0 Å². The fourth-order valence-electron chi connectivity index (χ4n) is 1.67. The zero-order chi connectivity index (χ0) is 16.3. The van der Waals surface area contributed by atoms with E-state index in [1.807, 2.05) is 58.0 Å². The van der Waals surface area contributed by atoms with Gasteiger partial charge in [0, 0.05) is 11.5 Å². The fraction of sp³-hybridized carbons (Fsp3) is 0.500. The number of allylic oxidation sites excluding steroid dienone is 1. The Labute approximate surface area is 129 Å². The second-order valence-electron chi connectivity index (χ2n) is 4.44. The van der Waals surface area contributed by atoms with Crippen molar-refractivity contribution in [1.82, 2.24) is 0 Å². The van der Waals surface area contributed by atoms with Gasteiger partial charge in [-0.15, -0.1) is 0 Å². The molecule has 0 saturated heterocycles. The molecule has 0 spiro atoms. The summed E-state index contributed by atoms with van der Waals surface area (Å²) in [4.78, 5) is 4.63. The van der Waals surface area contributed by atoms with Crippen molar-refractivity contribution in [2.45, 2.75) is 41.5 Å². The first-order chi connectivity index (χ1) is 10.1. The maximum Gasteiger partial charge on any atom is 0.191 e. The van der Waals surface area contributed by atoms with Crippen LogP contribution in [-0.2, 0) is 4.74 Å². The van der Waals surface area contributed by atoms with Gasteiger partial charge in [0.25, 0.3) is 0 Å². The number of benzene rings is 1. The van der Waals surface area contributed by atoms with Crippen molar-refractivity contribution >= 4 is 11.6 Å². The normalized spacial score (nSPS) is 11.8. The summed E-state index contributed by atoms with van der Waals surface area (Å²) in [6, 6.07) is 7.88. The molecule has 1 aromatic rings. The van der Waals surface area contributed by atoms with E-state index in [0.717, 1.165) is 22.9 Å². The van der Waals surface area contributed by atoms with Crippen LogP contribution in [0, 0.1) is 5.92 Å². The predicted octanol–water partition coefficient (Wildman–Crippen LogP) is 5.17. The summed E-state index contributed by atoms with van der Waals surface area (Å²) >= 11 is 0. The number of ether oxygens (including phenoxy) is 2. The lowest BCUT2D eigenvalue weighted by molar-refractivity contribution is 0.306. The molecular formula is C18H29NO2. The van der Waals surface area contributed by atoms with Crippen molar-refractivity contribution in [3.05, 3.63) is 35.9 Å². The third kappa shape index (κ3) is 6.48. The molecule has 3 heteroatoms. The quantitative estimate of drug-likeness (QED) is 0.553. The minimum absolute atomic E-state index is 0.264. The van der Waals surface area contributed by atoms with Gasteiger partial charge in [0.15, 0.2) is 5.90 Å². The van der Waals surface area contributed by atoms with E-state index in [2.05, 4.69) is 18.8 Å². The van der Waals surface area contributed by atoms with Crippen LogP contribution >= 0.6 is 0 Å². The molecule has 0 bridgehead atoms. The number of rotatable bonds is 5. The highest BCUT2D eigenvalue weighted by Crippen LogP contribution is 2.22. The van der Waals surface area contributed by atoms with E-state index in [1.165, 1.54) is 0 Å². The maximum atomic E-state index is 5.59. The van der Waals surface area contributed by atoms with Crippen LogP contribution in [0.1, 0.15) is 47.1 Å². The molecule has 21 heavy (non-hydrogen) atoms. The predicted molar refractivity (Wildman–Crippen MR) is 91.9 cm³/mol. The molecular weight excluding hydrogens is 262 g/mol. The van der Waals surface area contributed by atoms with Crippen LogP contribution in [0.2, 0.25) is 0 Å². The van der Waals surface area contributed by atoms with E-state index in [9.17, 15) is 0 Å². The molecule has 0 atom stereocenters. The van der Waals surface area contributed by atoms with Crippen LogP contribution in [0.15, 0.2) is 35.3 Å². The molecule has 0 radical (unpaired) electrons. The Bertz CT molecular complexity index is 462. The Kier molecular flexibility index (Phi) is 10.0. The lowest BCUT2D eigenvalue weighted by Gasteiger charge is -2.12. The first-order valence-electron chi connectivity index (χ1n) is 7.64. The molecule has 0 aliphatic carbocycles. The van der Waals surface area contributed by atoms with Crippen LogP contribution in [0.25, 0.3) is 5.70 Å². The smallest absolute Gasteiger partial charge is 0.191 e.